The molecular weight excluding hydrogens is 291 g/mol. The molecule has 2 aliphatic heterocycles. The van der Waals surface area contributed by atoms with Gasteiger partial charge in [-0.15, -0.1) is 5.10 Å². The van der Waals surface area contributed by atoms with Crippen LogP contribution in [0.15, 0.2) is 63.7 Å². The van der Waals surface area contributed by atoms with E-state index >= 15 is 0 Å². The molecule has 0 unspecified atom stereocenters. The van der Waals surface area contributed by atoms with E-state index in [2.05, 4.69) is 15.1 Å². The Labute approximate surface area is 133 Å². The van der Waals surface area contributed by atoms with Gasteiger partial charge < -0.3 is 4.90 Å². The smallest absolute Gasteiger partial charge is 0.154 e. The number of hydrogen-bond donors (Lipinski definition) is 0. The number of halogens is 1. The van der Waals surface area contributed by atoms with E-state index in [9.17, 15) is 4.39 Å². The minimum atomic E-state index is -0.268. The molecular formula is C18H15FN4. The van der Waals surface area contributed by atoms with Gasteiger partial charge in [0.05, 0.1) is 30.2 Å². The van der Waals surface area contributed by atoms with Crippen LogP contribution in [0.1, 0.15) is 18.1 Å². The second-order valence-electron chi connectivity index (χ2n) is 5.63. The van der Waals surface area contributed by atoms with E-state index < -0.39 is 0 Å². The maximum absolute atomic E-state index is 13.9. The summed E-state index contributed by atoms with van der Waals surface area (Å²) in [6.07, 6.45) is 0. The lowest BCUT2D eigenvalue weighted by Gasteiger charge is -2.27. The highest BCUT2D eigenvalue weighted by molar-refractivity contribution is 6.21. The number of anilines is 1. The Morgan fingerprint density at radius 1 is 1.04 bits per heavy atom. The van der Waals surface area contributed by atoms with Crippen LogP contribution >= 0.6 is 0 Å². The topological polar surface area (TPSA) is 40.3 Å². The summed E-state index contributed by atoms with van der Waals surface area (Å²) in [4.78, 5) is 6.76. The van der Waals surface area contributed by atoms with E-state index in [-0.39, 0.29) is 5.82 Å². The van der Waals surface area contributed by atoms with Crippen molar-refractivity contribution in [2.45, 2.75) is 6.92 Å². The molecule has 0 fully saturated rings. The van der Waals surface area contributed by atoms with E-state index in [1.54, 1.807) is 12.1 Å². The second-order valence-corrected chi connectivity index (χ2v) is 5.63. The third kappa shape index (κ3) is 2.44. The Bertz CT molecular complexity index is 853. The SMILES string of the molecule is CC1=NN=C2CN=C(c3ccccc3)c3cc(F)ccc3N2C1. The maximum Gasteiger partial charge on any atom is 0.154 e. The van der Waals surface area contributed by atoms with Crippen molar-refractivity contribution in [2.24, 2.45) is 15.2 Å². The van der Waals surface area contributed by atoms with Crippen LogP contribution in [0.4, 0.5) is 10.1 Å². The maximum atomic E-state index is 13.9. The molecule has 5 heteroatoms. The predicted octanol–water partition coefficient (Wildman–Crippen LogP) is 3.27. The molecule has 0 atom stereocenters. The molecule has 4 nitrogen and oxygen atoms in total. The first-order valence-electron chi connectivity index (χ1n) is 7.50. The second kappa shape index (κ2) is 5.43. The zero-order valence-corrected chi connectivity index (χ0v) is 12.7. The van der Waals surface area contributed by atoms with Crippen LogP contribution in [0.25, 0.3) is 0 Å². The third-order valence-electron chi connectivity index (χ3n) is 3.96. The molecule has 4 rings (SSSR count). The first-order valence-corrected chi connectivity index (χ1v) is 7.50. The summed E-state index contributed by atoms with van der Waals surface area (Å²) < 4.78 is 13.9. The summed E-state index contributed by atoms with van der Waals surface area (Å²) in [5, 5.41) is 8.44. The van der Waals surface area contributed by atoms with E-state index in [1.807, 2.05) is 37.3 Å². The quantitative estimate of drug-likeness (QED) is 0.797. The van der Waals surface area contributed by atoms with Crippen LogP contribution in [0.2, 0.25) is 0 Å². The fourth-order valence-electron chi connectivity index (χ4n) is 2.90. The molecule has 114 valence electrons. The normalized spacial score (nSPS) is 16.6. The van der Waals surface area contributed by atoms with Crippen molar-refractivity contribution in [2.75, 3.05) is 18.0 Å². The fourth-order valence-corrected chi connectivity index (χ4v) is 2.90. The van der Waals surface area contributed by atoms with E-state index in [1.165, 1.54) is 6.07 Å². The van der Waals surface area contributed by atoms with E-state index in [0.717, 1.165) is 34.1 Å². The van der Waals surface area contributed by atoms with Crippen LogP contribution in [-0.2, 0) is 0 Å². The van der Waals surface area contributed by atoms with Crippen molar-refractivity contribution in [3.8, 4) is 0 Å². The van der Waals surface area contributed by atoms with Gasteiger partial charge in [-0.2, -0.15) is 5.10 Å². The van der Waals surface area contributed by atoms with Gasteiger partial charge in [0.1, 0.15) is 5.82 Å². The van der Waals surface area contributed by atoms with Gasteiger partial charge in [-0.25, -0.2) is 4.39 Å². The molecule has 0 aromatic heterocycles. The number of benzene rings is 2. The standard InChI is InChI=1S/C18H15FN4/c1-12-11-23-16-8-7-14(19)9-15(16)18(13-5-3-2-4-6-13)20-10-17(23)22-21-12/h2-9H,10-11H2,1H3. The zero-order valence-electron chi connectivity index (χ0n) is 12.7. The molecule has 0 saturated carbocycles. The van der Waals surface area contributed by atoms with Gasteiger partial charge >= 0.3 is 0 Å². The van der Waals surface area contributed by atoms with Gasteiger partial charge in [0.15, 0.2) is 5.84 Å². The fraction of sp³-hybridized carbons (Fsp3) is 0.167. The van der Waals surface area contributed by atoms with Crippen molar-refractivity contribution in [3.63, 3.8) is 0 Å². The molecule has 23 heavy (non-hydrogen) atoms. The average Bonchev–Trinajstić information content (AvgIpc) is 2.72. The summed E-state index contributed by atoms with van der Waals surface area (Å²) in [7, 11) is 0. The van der Waals surface area contributed by atoms with Crippen molar-refractivity contribution in [3.05, 3.63) is 65.5 Å². The summed E-state index contributed by atoms with van der Waals surface area (Å²) in [6.45, 7) is 3.01. The zero-order chi connectivity index (χ0) is 15.8. The Balaban J connectivity index is 1.92. The van der Waals surface area contributed by atoms with Crippen molar-refractivity contribution >= 4 is 22.9 Å². The Morgan fingerprint density at radius 3 is 2.70 bits per heavy atom. The van der Waals surface area contributed by atoms with Crippen molar-refractivity contribution < 1.29 is 4.39 Å². The van der Waals surface area contributed by atoms with Gasteiger partial charge in [-0.3, -0.25) is 4.99 Å². The Morgan fingerprint density at radius 2 is 1.87 bits per heavy atom. The van der Waals surface area contributed by atoms with Crippen LogP contribution in [-0.4, -0.2) is 30.3 Å². The molecule has 2 aromatic rings. The molecule has 0 saturated heterocycles. The number of aliphatic imine (C=N–C) groups is 1. The average molecular weight is 306 g/mol. The minimum absolute atomic E-state index is 0.268. The molecule has 0 spiro atoms. The van der Waals surface area contributed by atoms with Crippen LogP contribution in [0, 0.1) is 5.82 Å². The highest BCUT2D eigenvalue weighted by atomic mass is 19.1. The molecule has 0 bridgehead atoms. The summed E-state index contributed by atoms with van der Waals surface area (Å²) in [6, 6.07) is 14.7. The molecule has 2 aromatic carbocycles. The molecule has 0 N–H and O–H groups in total. The number of nitrogens with zero attached hydrogens (tertiary/aromatic N) is 4. The summed E-state index contributed by atoms with van der Waals surface area (Å²) >= 11 is 0. The van der Waals surface area contributed by atoms with Crippen molar-refractivity contribution in [1.82, 2.24) is 0 Å². The van der Waals surface area contributed by atoms with Crippen LogP contribution < -0.4 is 4.90 Å². The summed E-state index contributed by atoms with van der Waals surface area (Å²) in [5.74, 6) is 0.518. The molecule has 0 aliphatic carbocycles. The third-order valence-corrected chi connectivity index (χ3v) is 3.96. The molecule has 2 aliphatic rings. The first kappa shape index (κ1) is 13.8. The predicted molar refractivity (Wildman–Crippen MR) is 91.2 cm³/mol. The van der Waals surface area contributed by atoms with Gasteiger partial charge in [0.25, 0.3) is 0 Å². The largest absolute Gasteiger partial charge is 0.320 e. The lowest BCUT2D eigenvalue weighted by molar-refractivity contribution is 0.627. The Kier molecular flexibility index (Phi) is 3.26. The molecule has 2 heterocycles. The lowest BCUT2D eigenvalue weighted by Crippen LogP contribution is -2.38. The van der Waals surface area contributed by atoms with E-state index in [0.29, 0.717) is 13.1 Å². The number of hydrogen-bond acceptors (Lipinski definition) is 4. The van der Waals surface area contributed by atoms with Gasteiger partial charge in [0.2, 0.25) is 0 Å². The Hall–Kier alpha value is -2.82. The minimum Gasteiger partial charge on any atom is -0.320 e. The van der Waals surface area contributed by atoms with Crippen molar-refractivity contribution in [1.29, 1.82) is 0 Å². The number of rotatable bonds is 1. The number of amidine groups is 1. The summed E-state index contributed by atoms with van der Waals surface area (Å²) in [5.41, 5.74) is 4.38. The molecule has 0 radical (unpaired) electrons. The van der Waals surface area contributed by atoms with Gasteiger partial charge in [0, 0.05) is 11.1 Å². The number of fused-ring (bicyclic) bond motifs is 3. The van der Waals surface area contributed by atoms with Crippen LogP contribution in [0.5, 0.6) is 0 Å². The van der Waals surface area contributed by atoms with E-state index in [4.69, 9.17) is 4.99 Å². The highest BCUT2D eigenvalue weighted by Crippen LogP contribution is 2.29. The van der Waals surface area contributed by atoms with Gasteiger partial charge in [-0.1, -0.05) is 30.3 Å². The van der Waals surface area contributed by atoms with Gasteiger partial charge in [-0.05, 0) is 25.1 Å². The highest BCUT2D eigenvalue weighted by Gasteiger charge is 2.26. The molecule has 0 amide bonds. The first-order chi connectivity index (χ1) is 11.2. The monoisotopic (exact) mass is 306 g/mol. The lowest BCUT2D eigenvalue weighted by atomic mass is 10.00. The van der Waals surface area contributed by atoms with Crippen LogP contribution in [0.3, 0.4) is 0 Å².